The maximum atomic E-state index is 10.9. The lowest BCUT2D eigenvalue weighted by Gasteiger charge is -2.16. The number of rotatable bonds is 0. The molecule has 0 aromatic carbocycles. The largest absolute Gasteiger partial charge is 0.327 e. The molecular weight excluding hydrogens is 164 g/mol. The Morgan fingerprint density at radius 1 is 1.54 bits per heavy atom. The van der Waals surface area contributed by atoms with Gasteiger partial charge in [0.1, 0.15) is 6.04 Å². The minimum absolute atomic E-state index is 0.0147. The molecule has 0 aliphatic carbocycles. The van der Waals surface area contributed by atoms with E-state index in [9.17, 15) is 4.79 Å². The van der Waals surface area contributed by atoms with Gasteiger partial charge >= 0.3 is 0 Å². The van der Waals surface area contributed by atoms with Gasteiger partial charge in [0.05, 0.1) is 6.07 Å². The molecule has 13 heavy (non-hydrogen) atoms. The van der Waals surface area contributed by atoms with E-state index in [4.69, 9.17) is 5.26 Å². The number of carbonyl (C=O) groups is 1. The van der Waals surface area contributed by atoms with Crippen LogP contribution in [0.25, 0.3) is 0 Å². The summed E-state index contributed by atoms with van der Waals surface area (Å²) in [6.45, 7) is 8.32. The summed E-state index contributed by atoms with van der Waals surface area (Å²) < 4.78 is 0. The van der Waals surface area contributed by atoms with E-state index in [2.05, 4.69) is 13.0 Å². The number of carbonyl (C=O) groups excluding carboxylic acids is 1. The van der Waals surface area contributed by atoms with Crippen LogP contribution in [0.3, 0.4) is 0 Å². The van der Waals surface area contributed by atoms with Gasteiger partial charge in [0, 0.05) is 13.5 Å². The summed E-state index contributed by atoms with van der Waals surface area (Å²) in [5.74, 6) is 0.490. The predicted octanol–water partition coefficient (Wildman–Crippen LogP) is 1.79. The average Bonchev–Trinajstić information content (AvgIpc) is 2.50. The third kappa shape index (κ3) is 3.06. The minimum atomic E-state index is -0.178. The first kappa shape index (κ1) is 12.0. The van der Waals surface area contributed by atoms with Crippen molar-refractivity contribution >= 4 is 5.91 Å². The molecule has 2 unspecified atom stereocenters. The molecular formula is C10H18N2O. The van der Waals surface area contributed by atoms with E-state index in [0.717, 1.165) is 13.0 Å². The van der Waals surface area contributed by atoms with Crippen molar-refractivity contribution < 1.29 is 4.79 Å². The van der Waals surface area contributed by atoms with Crippen LogP contribution in [0.15, 0.2) is 0 Å². The van der Waals surface area contributed by atoms with Crippen molar-refractivity contribution in [3.8, 4) is 6.07 Å². The third-order valence-corrected chi connectivity index (χ3v) is 2.06. The highest BCUT2D eigenvalue weighted by atomic mass is 16.2. The molecule has 1 rings (SSSR count). The van der Waals surface area contributed by atoms with E-state index < -0.39 is 0 Å². The third-order valence-electron chi connectivity index (χ3n) is 2.06. The molecule has 2 atom stereocenters. The average molecular weight is 182 g/mol. The molecule has 1 amide bonds. The molecule has 0 N–H and O–H groups in total. The Morgan fingerprint density at radius 3 is 2.38 bits per heavy atom. The van der Waals surface area contributed by atoms with Crippen LogP contribution in [0.2, 0.25) is 0 Å². The molecule has 0 aromatic heterocycles. The van der Waals surface area contributed by atoms with Gasteiger partial charge in [0.15, 0.2) is 0 Å². The number of hydrogen-bond donors (Lipinski definition) is 0. The summed E-state index contributed by atoms with van der Waals surface area (Å²) in [5, 5.41) is 8.66. The summed E-state index contributed by atoms with van der Waals surface area (Å²) in [4.78, 5) is 12.6. The van der Waals surface area contributed by atoms with Crippen LogP contribution in [-0.4, -0.2) is 23.4 Å². The van der Waals surface area contributed by atoms with Gasteiger partial charge in [-0.15, -0.1) is 0 Å². The molecule has 3 nitrogen and oxygen atoms in total. The monoisotopic (exact) mass is 182 g/mol. The zero-order chi connectivity index (χ0) is 10.4. The Hall–Kier alpha value is -1.04. The topological polar surface area (TPSA) is 44.1 Å². The maximum absolute atomic E-state index is 10.9. The van der Waals surface area contributed by atoms with Gasteiger partial charge in [0.25, 0.3) is 0 Å². The zero-order valence-corrected chi connectivity index (χ0v) is 8.87. The second-order valence-electron chi connectivity index (χ2n) is 3.16. The molecule has 1 aliphatic heterocycles. The van der Waals surface area contributed by atoms with Crippen molar-refractivity contribution in [3.05, 3.63) is 0 Å². The number of amides is 1. The Balaban J connectivity index is 0.000000671. The lowest BCUT2D eigenvalue weighted by Crippen LogP contribution is -2.32. The van der Waals surface area contributed by atoms with Gasteiger partial charge in [-0.25, -0.2) is 0 Å². The molecule has 1 saturated heterocycles. The van der Waals surface area contributed by atoms with Crippen molar-refractivity contribution in [2.75, 3.05) is 6.54 Å². The van der Waals surface area contributed by atoms with Crippen LogP contribution in [0, 0.1) is 17.2 Å². The lowest BCUT2D eigenvalue weighted by atomic mass is 10.1. The highest BCUT2D eigenvalue weighted by Gasteiger charge is 2.30. The van der Waals surface area contributed by atoms with Crippen molar-refractivity contribution in [2.45, 2.75) is 40.2 Å². The highest BCUT2D eigenvalue weighted by Crippen LogP contribution is 2.21. The van der Waals surface area contributed by atoms with Crippen molar-refractivity contribution in [1.29, 1.82) is 5.26 Å². The maximum Gasteiger partial charge on any atom is 0.220 e. The second-order valence-corrected chi connectivity index (χ2v) is 3.16. The van der Waals surface area contributed by atoms with Gasteiger partial charge in [0.2, 0.25) is 5.91 Å². The molecule has 3 heteroatoms. The van der Waals surface area contributed by atoms with Gasteiger partial charge < -0.3 is 4.90 Å². The van der Waals surface area contributed by atoms with E-state index >= 15 is 0 Å². The number of nitriles is 1. The minimum Gasteiger partial charge on any atom is -0.327 e. The second kappa shape index (κ2) is 5.58. The first-order chi connectivity index (χ1) is 6.15. The molecule has 74 valence electrons. The van der Waals surface area contributed by atoms with Crippen LogP contribution in [0.4, 0.5) is 0 Å². The van der Waals surface area contributed by atoms with E-state index in [1.165, 1.54) is 6.92 Å². The summed E-state index contributed by atoms with van der Waals surface area (Å²) in [7, 11) is 0. The van der Waals surface area contributed by atoms with E-state index in [-0.39, 0.29) is 11.9 Å². The quantitative estimate of drug-likeness (QED) is 0.573. The normalized spacial score (nSPS) is 25.9. The van der Waals surface area contributed by atoms with Crippen LogP contribution in [0.5, 0.6) is 0 Å². The Labute approximate surface area is 80.3 Å². The van der Waals surface area contributed by atoms with E-state index in [0.29, 0.717) is 5.92 Å². The molecule has 1 fully saturated rings. The Bertz CT molecular complexity index is 207. The van der Waals surface area contributed by atoms with Gasteiger partial charge in [-0.1, -0.05) is 20.8 Å². The Morgan fingerprint density at radius 2 is 2.08 bits per heavy atom. The molecule has 0 saturated carbocycles. The fourth-order valence-corrected chi connectivity index (χ4v) is 1.52. The summed E-state index contributed by atoms with van der Waals surface area (Å²) in [5.41, 5.74) is 0. The highest BCUT2D eigenvalue weighted by molar-refractivity contribution is 5.74. The van der Waals surface area contributed by atoms with E-state index in [1.807, 2.05) is 13.8 Å². The SMILES string of the molecule is CC.CC(=O)N1CC(C)CC1C#N. The number of hydrogen-bond acceptors (Lipinski definition) is 2. The standard InChI is InChI=1S/C8H12N2O.C2H6/c1-6-3-8(4-9)10(5-6)7(2)11;1-2/h6,8H,3,5H2,1-2H3;1-2H3. The molecule has 0 bridgehead atoms. The van der Waals surface area contributed by atoms with Gasteiger partial charge in [-0.05, 0) is 12.3 Å². The first-order valence-electron chi connectivity index (χ1n) is 4.82. The first-order valence-corrected chi connectivity index (χ1v) is 4.82. The lowest BCUT2D eigenvalue weighted by molar-refractivity contribution is -0.128. The predicted molar refractivity (Wildman–Crippen MR) is 51.9 cm³/mol. The van der Waals surface area contributed by atoms with Gasteiger partial charge in [-0.2, -0.15) is 5.26 Å². The smallest absolute Gasteiger partial charge is 0.220 e. The molecule has 1 heterocycles. The summed E-state index contributed by atoms with van der Waals surface area (Å²) >= 11 is 0. The summed E-state index contributed by atoms with van der Waals surface area (Å²) in [6.07, 6.45) is 0.829. The van der Waals surface area contributed by atoms with Crippen LogP contribution in [-0.2, 0) is 4.79 Å². The fraction of sp³-hybridized carbons (Fsp3) is 0.800. The zero-order valence-electron chi connectivity index (χ0n) is 8.87. The Kier molecular flexibility index (Phi) is 5.13. The van der Waals surface area contributed by atoms with Crippen molar-refractivity contribution in [1.82, 2.24) is 4.90 Å². The molecule has 0 aromatic rings. The van der Waals surface area contributed by atoms with E-state index in [1.54, 1.807) is 4.90 Å². The molecule has 1 aliphatic rings. The summed E-state index contributed by atoms with van der Waals surface area (Å²) in [6, 6.07) is 1.95. The number of nitrogens with zero attached hydrogens (tertiary/aromatic N) is 2. The van der Waals surface area contributed by atoms with Crippen LogP contribution >= 0.6 is 0 Å². The molecule has 0 spiro atoms. The molecule has 0 radical (unpaired) electrons. The van der Waals surface area contributed by atoms with Gasteiger partial charge in [-0.3, -0.25) is 4.79 Å². The van der Waals surface area contributed by atoms with Crippen molar-refractivity contribution in [3.63, 3.8) is 0 Å². The van der Waals surface area contributed by atoms with Crippen LogP contribution < -0.4 is 0 Å². The fourth-order valence-electron chi connectivity index (χ4n) is 1.52. The van der Waals surface area contributed by atoms with Crippen molar-refractivity contribution in [2.24, 2.45) is 5.92 Å². The number of likely N-dealkylation sites (tertiary alicyclic amines) is 1. The van der Waals surface area contributed by atoms with Crippen LogP contribution in [0.1, 0.15) is 34.1 Å².